The first kappa shape index (κ1) is 17.9. The second-order valence-corrected chi connectivity index (χ2v) is 6.24. The Morgan fingerprint density at radius 3 is 2.54 bits per heavy atom. The molecule has 0 fully saturated rings. The fourth-order valence-corrected chi connectivity index (χ4v) is 3.24. The standard InChI is InChI=1S/C20H22FN3O2/c1-3-24(4-2)15-8-6-14(7-9-15)22-20(26)17-12-19(25)23-18-11-13(21)5-10-16(17)18/h5-11,17H,3-4,12H2,1-2H3,(H,22,26)(H,23,25)/t17-/m0/s1. The number of rotatable bonds is 5. The number of fused-ring (bicyclic) bond motifs is 1. The second kappa shape index (κ2) is 7.56. The lowest BCUT2D eigenvalue weighted by Gasteiger charge is -2.25. The monoisotopic (exact) mass is 355 g/mol. The molecule has 0 radical (unpaired) electrons. The van der Waals surface area contributed by atoms with Crippen molar-refractivity contribution in [2.45, 2.75) is 26.2 Å². The lowest BCUT2D eigenvalue weighted by molar-refractivity contribution is -0.123. The lowest BCUT2D eigenvalue weighted by atomic mass is 9.89. The van der Waals surface area contributed by atoms with Crippen LogP contribution in [0.15, 0.2) is 42.5 Å². The summed E-state index contributed by atoms with van der Waals surface area (Å²) in [4.78, 5) is 26.8. The molecule has 0 aromatic heterocycles. The van der Waals surface area contributed by atoms with Gasteiger partial charge in [-0.1, -0.05) is 6.07 Å². The Hall–Kier alpha value is -2.89. The number of anilines is 3. The van der Waals surface area contributed by atoms with E-state index in [1.807, 2.05) is 24.3 Å². The third kappa shape index (κ3) is 3.69. The molecule has 1 atom stereocenters. The molecule has 2 aromatic carbocycles. The first-order valence-electron chi connectivity index (χ1n) is 8.77. The minimum Gasteiger partial charge on any atom is -0.372 e. The zero-order chi connectivity index (χ0) is 18.7. The number of amides is 2. The summed E-state index contributed by atoms with van der Waals surface area (Å²) in [6.45, 7) is 6.00. The lowest BCUT2D eigenvalue weighted by Crippen LogP contribution is -2.30. The van der Waals surface area contributed by atoms with Crippen LogP contribution in [0.2, 0.25) is 0 Å². The molecule has 136 valence electrons. The topological polar surface area (TPSA) is 61.4 Å². The number of halogens is 1. The molecule has 0 saturated heterocycles. The van der Waals surface area contributed by atoms with E-state index >= 15 is 0 Å². The van der Waals surface area contributed by atoms with Crippen LogP contribution < -0.4 is 15.5 Å². The third-order valence-corrected chi connectivity index (χ3v) is 4.63. The van der Waals surface area contributed by atoms with Crippen molar-refractivity contribution in [3.8, 4) is 0 Å². The molecule has 1 aliphatic heterocycles. The third-order valence-electron chi connectivity index (χ3n) is 4.63. The highest BCUT2D eigenvalue weighted by atomic mass is 19.1. The number of hydrogen-bond donors (Lipinski definition) is 2. The molecule has 0 saturated carbocycles. The fourth-order valence-electron chi connectivity index (χ4n) is 3.24. The van der Waals surface area contributed by atoms with E-state index in [0.29, 0.717) is 16.9 Å². The average Bonchev–Trinajstić information content (AvgIpc) is 2.63. The van der Waals surface area contributed by atoms with Gasteiger partial charge in [0.2, 0.25) is 11.8 Å². The molecule has 3 rings (SSSR count). The van der Waals surface area contributed by atoms with Gasteiger partial charge in [-0.15, -0.1) is 0 Å². The van der Waals surface area contributed by atoms with Gasteiger partial charge in [0.25, 0.3) is 0 Å². The van der Waals surface area contributed by atoms with Gasteiger partial charge < -0.3 is 15.5 Å². The van der Waals surface area contributed by atoms with Crippen molar-refractivity contribution >= 4 is 28.9 Å². The number of benzene rings is 2. The van der Waals surface area contributed by atoms with Crippen LogP contribution in [0.3, 0.4) is 0 Å². The van der Waals surface area contributed by atoms with E-state index in [1.54, 1.807) is 6.07 Å². The second-order valence-electron chi connectivity index (χ2n) is 6.24. The summed E-state index contributed by atoms with van der Waals surface area (Å²) < 4.78 is 13.4. The summed E-state index contributed by atoms with van der Waals surface area (Å²) in [5.41, 5.74) is 2.74. The van der Waals surface area contributed by atoms with Crippen molar-refractivity contribution in [1.29, 1.82) is 0 Å². The molecule has 2 amide bonds. The molecule has 0 aliphatic carbocycles. The normalized spacial score (nSPS) is 15.8. The van der Waals surface area contributed by atoms with E-state index < -0.39 is 11.7 Å². The molecule has 0 spiro atoms. The minimum atomic E-state index is -0.637. The van der Waals surface area contributed by atoms with E-state index in [2.05, 4.69) is 29.4 Å². The molecule has 5 nitrogen and oxygen atoms in total. The van der Waals surface area contributed by atoms with Gasteiger partial charge >= 0.3 is 0 Å². The van der Waals surface area contributed by atoms with Crippen LogP contribution in [-0.4, -0.2) is 24.9 Å². The fraction of sp³-hybridized carbons (Fsp3) is 0.300. The van der Waals surface area contributed by atoms with Gasteiger partial charge in [-0.25, -0.2) is 4.39 Å². The van der Waals surface area contributed by atoms with E-state index in [-0.39, 0.29) is 18.2 Å². The summed E-state index contributed by atoms with van der Waals surface area (Å²) >= 11 is 0. The Bertz CT molecular complexity index is 816. The zero-order valence-electron chi connectivity index (χ0n) is 14.9. The van der Waals surface area contributed by atoms with Crippen molar-refractivity contribution < 1.29 is 14.0 Å². The summed E-state index contributed by atoms with van der Waals surface area (Å²) in [5, 5.41) is 5.48. The first-order valence-corrected chi connectivity index (χ1v) is 8.77. The number of nitrogens with one attached hydrogen (secondary N) is 2. The summed E-state index contributed by atoms with van der Waals surface area (Å²) in [6.07, 6.45) is 0.0436. The highest BCUT2D eigenvalue weighted by Gasteiger charge is 2.31. The molecule has 1 aliphatic rings. The molecule has 2 aromatic rings. The zero-order valence-corrected chi connectivity index (χ0v) is 14.9. The van der Waals surface area contributed by atoms with Crippen LogP contribution in [0, 0.1) is 5.82 Å². The summed E-state index contributed by atoms with van der Waals surface area (Å²) in [6, 6.07) is 11.7. The van der Waals surface area contributed by atoms with Crippen molar-refractivity contribution in [1.82, 2.24) is 0 Å². The van der Waals surface area contributed by atoms with Crippen molar-refractivity contribution in [2.24, 2.45) is 0 Å². The quantitative estimate of drug-likeness (QED) is 0.859. The molecule has 1 heterocycles. The summed E-state index contributed by atoms with van der Waals surface area (Å²) in [5.74, 6) is -1.65. The van der Waals surface area contributed by atoms with E-state index in [0.717, 1.165) is 18.8 Å². The maximum atomic E-state index is 13.4. The van der Waals surface area contributed by atoms with Gasteiger partial charge in [-0.3, -0.25) is 9.59 Å². The van der Waals surface area contributed by atoms with Crippen LogP contribution in [0.25, 0.3) is 0 Å². The van der Waals surface area contributed by atoms with Gasteiger partial charge in [0, 0.05) is 36.6 Å². The van der Waals surface area contributed by atoms with Gasteiger partial charge in [0.05, 0.1) is 5.92 Å². The number of carbonyl (C=O) groups excluding carboxylic acids is 2. The van der Waals surface area contributed by atoms with E-state index in [4.69, 9.17) is 0 Å². The van der Waals surface area contributed by atoms with Crippen LogP contribution >= 0.6 is 0 Å². The van der Waals surface area contributed by atoms with Crippen LogP contribution in [0.5, 0.6) is 0 Å². The molecule has 6 heteroatoms. The first-order chi connectivity index (χ1) is 12.5. The maximum Gasteiger partial charge on any atom is 0.232 e. The predicted octanol–water partition coefficient (Wildman–Crippen LogP) is 3.74. The van der Waals surface area contributed by atoms with Crippen LogP contribution in [-0.2, 0) is 9.59 Å². The van der Waals surface area contributed by atoms with Crippen molar-refractivity contribution in [3.63, 3.8) is 0 Å². The molecule has 26 heavy (non-hydrogen) atoms. The minimum absolute atomic E-state index is 0.0436. The number of hydrogen-bond acceptors (Lipinski definition) is 3. The summed E-state index contributed by atoms with van der Waals surface area (Å²) in [7, 11) is 0. The molecule has 2 N–H and O–H groups in total. The van der Waals surface area contributed by atoms with Crippen LogP contribution in [0.4, 0.5) is 21.5 Å². The highest BCUT2D eigenvalue weighted by Crippen LogP contribution is 2.33. The Morgan fingerprint density at radius 2 is 1.88 bits per heavy atom. The van der Waals surface area contributed by atoms with Crippen molar-refractivity contribution in [2.75, 3.05) is 28.6 Å². The molecular weight excluding hydrogens is 333 g/mol. The molecule has 0 bridgehead atoms. The molecule has 0 unspecified atom stereocenters. The SMILES string of the molecule is CCN(CC)c1ccc(NC(=O)[C@H]2CC(=O)Nc3cc(F)ccc32)cc1. The van der Waals surface area contributed by atoms with E-state index in [1.165, 1.54) is 12.1 Å². The smallest absolute Gasteiger partial charge is 0.232 e. The predicted molar refractivity (Wildman–Crippen MR) is 101 cm³/mol. The average molecular weight is 355 g/mol. The Labute approximate surface area is 152 Å². The van der Waals surface area contributed by atoms with E-state index in [9.17, 15) is 14.0 Å². The highest BCUT2D eigenvalue weighted by molar-refractivity contribution is 6.05. The van der Waals surface area contributed by atoms with Gasteiger partial charge in [0.15, 0.2) is 0 Å². The Morgan fingerprint density at radius 1 is 1.19 bits per heavy atom. The van der Waals surface area contributed by atoms with Gasteiger partial charge in [-0.05, 0) is 55.8 Å². The van der Waals surface area contributed by atoms with Gasteiger partial charge in [-0.2, -0.15) is 0 Å². The number of carbonyl (C=O) groups is 2. The maximum absolute atomic E-state index is 13.4. The largest absolute Gasteiger partial charge is 0.372 e. The number of nitrogens with zero attached hydrogens (tertiary/aromatic N) is 1. The Balaban J connectivity index is 1.77. The Kier molecular flexibility index (Phi) is 5.21. The molecular formula is C20H22FN3O2. The van der Waals surface area contributed by atoms with Crippen molar-refractivity contribution in [3.05, 3.63) is 53.8 Å². The van der Waals surface area contributed by atoms with Gasteiger partial charge in [0.1, 0.15) is 5.82 Å². The van der Waals surface area contributed by atoms with Crippen LogP contribution in [0.1, 0.15) is 31.7 Å².